The van der Waals surface area contributed by atoms with Gasteiger partial charge in [0.15, 0.2) is 12.4 Å². The van der Waals surface area contributed by atoms with Crippen molar-refractivity contribution in [2.45, 2.75) is 50.6 Å². The lowest BCUT2D eigenvalue weighted by Crippen LogP contribution is -2.50. The minimum atomic E-state index is -0.940. The van der Waals surface area contributed by atoms with Gasteiger partial charge in [0.1, 0.15) is 11.6 Å². The number of ether oxygens (including phenoxy) is 1. The van der Waals surface area contributed by atoms with E-state index in [1.807, 2.05) is 0 Å². The number of amides is 2. The number of nitrogens with one attached hydrogen (secondary N) is 2. The third-order valence-electron chi connectivity index (χ3n) is 4.09. The summed E-state index contributed by atoms with van der Waals surface area (Å²) in [5, 5.41) is 14.4. The SMILES string of the molecule is C[C@H](NC(=O)c1ccco1)C(=O)OCC(=O)NC1(C#N)CCCCC1. The van der Waals surface area contributed by atoms with Crippen LogP contribution in [0, 0.1) is 11.3 Å². The van der Waals surface area contributed by atoms with E-state index >= 15 is 0 Å². The van der Waals surface area contributed by atoms with E-state index in [9.17, 15) is 19.6 Å². The first-order valence-corrected chi connectivity index (χ1v) is 8.19. The second kappa shape index (κ2) is 8.33. The van der Waals surface area contributed by atoms with Crippen LogP contribution in [0.1, 0.15) is 49.6 Å². The summed E-state index contributed by atoms with van der Waals surface area (Å²) < 4.78 is 9.83. The number of hydrogen-bond acceptors (Lipinski definition) is 6. The standard InChI is InChI=1S/C17H21N3O5/c1-12(19-15(22)13-6-5-9-24-13)16(23)25-10-14(21)20-17(11-18)7-3-2-4-8-17/h5-6,9,12H,2-4,7-8,10H2,1H3,(H,19,22)(H,20,21)/t12-/m0/s1. The van der Waals surface area contributed by atoms with Crippen LogP contribution in [0.4, 0.5) is 0 Å². The maximum atomic E-state index is 12.0. The molecule has 1 aromatic heterocycles. The molecule has 2 rings (SSSR count). The average Bonchev–Trinajstić information content (AvgIpc) is 3.15. The van der Waals surface area contributed by atoms with E-state index in [1.165, 1.54) is 19.3 Å². The quantitative estimate of drug-likeness (QED) is 0.748. The van der Waals surface area contributed by atoms with Crippen LogP contribution in [0.5, 0.6) is 0 Å². The van der Waals surface area contributed by atoms with Crippen molar-refractivity contribution in [3.63, 3.8) is 0 Å². The molecule has 1 aliphatic rings. The van der Waals surface area contributed by atoms with Gasteiger partial charge in [-0.1, -0.05) is 19.3 Å². The first-order chi connectivity index (χ1) is 12.0. The monoisotopic (exact) mass is 347 g/mol. The number of rotatable bonds is 6. The fraction of sp³-hybridized carbons (Fsp3) is 0.529. The van der Waals surface area contributed by atoms with E-state index in [1.54, 1.807) is 6.07 Å². The summed E-state index contributed by atoms with van der Waals surface area (Å²) in [6, 6.07) is 4.24. The molecule has 2 N–H and O–H groups in total. The molecular weight excluding hydrogens is 326 g/mol. The Morgan fingerprint density at radius 2 is 2.08 bits per heavy atom. The summed E-state index contributed by atoms with van der Waals surface area (Å²) in [7, 11) is 0. The molecule has 1 atom stereocenters. The summed E-state index contributed by atoms with van der Waals surface area (Å²) in [5.74, 6) is -1.75. The van der Waals surface area contributed by atoms with Gasteiger partial charge in [0.05, 0.1) is 12.3 Å². The van der Waals surface area contributed by atoms with Crippen molar-refractivity contribution in [2.75, 3.05) is 6.61 Å². The number of hydrogen-bond donors (Lipinski definition) is 2. The van der Waals surface area contributed by atoms with Gasteiger partial charge >= 0.3 is 5.97 Å². The Morgan fingerprint density at radius 1 is 1.36 bits per heavy atom. The van der Waals surface area contributed by atoms with Crippen LogP contribution >= 0.6 is 0 Å². The van der Waals surface area contributed by atoms with Gasteiger partial charge < -0.3 is 19.8 Å². The van der Waals surface area contributed by atoms with Gasteiger partial charge in [-0.05, 0) is 31.9 Å². The molecule has 0 radical (unpaired) electrons. The Kier molecular flexibility index (Phi) is 6.17. The van der Waals surface area contributed by atoms with Crippen LogP contribution in [0.15, 0.2) is 22.8 Å². The zero-order valence-corrected chi connectivity index (χ0v) is 14.0. The predicted molar refractivity (Wildman–Crippen MR) is 86.2 cm³/mol. The summed E-state index contributed by atoms with van der Waals surface area (Å²) in [6.07, 6.45) is 5.34. The van der Waals surface area contributed by atoms with Crippen molar-refractivity contribution >= 4 is 17.8 Å². The van der Waals surface area contributed by atoms with E-state index < -0.39 is 36.0 Å². The fourth-order valence-corrected chi connectivity index (χ4v) is 2.72. The molecule has 1 saturated carbocycles. The van der Waals surface area contributed by atoms with E-state index in [2.05, 4.69) is 16.7 Å². The van der Waals surface area contributed by atoms with Crippen molar-refractivity contribution in [2.24, 2.45) is 0 Å². The number of carbonyl (C=O) groups excluding carboxylic acids is 3. The Morgan fingerprint density at radius 3 is 2.68 bits per heavy atom. The summed E-state index contributed by atoms with van der Waals surface area (Å²) in [4.78, 5) is 35.6. The first kappa shape index (κ1) is 18.5. The van der Waals surface area contributed by atoms with Gasteiger partial charge in [-0.2, -0.15) is 5.26 Å². The normalized spacial score (nSPS) is 17.0. The largest absolute Gasteiger partial charge is 0.459 e. The molecule has 8 heteroatoms. The molecule has 0 spiro atoms. The van der Waals surface area contributed by atoms with Crippen LogP contribution in [-0.4, -0.2) is 36.0 Å². The highest BCUT2D eigenvalue weighted by Crippen LogP contribution is 2.27. The summed E-state index contributed by atoms with van der Waals surface area (Å²) in [5.41, 5.74) is -0.874. The molecule has 134 valence electrons. The van der Waals surface area contributed by atoms with Crippen molar-refractivity contribution < 1.29 is 23.5 Å². The van der Waals surface area contributed by atoms with E-state index in [-0.39, 0.29) is 5.76 Å². The van der Waals surface area contributed by atoms with Crippen molar-refractivity contribution in [1.29, 1.82) is 5.26 Å². The molecule has 1 heterocycles. The third kappa shape index (κ3) is 5.08. The average molecular weight is 347 g/mol. The van der Waals surface area contributed by atoms with Crippen molar-refractivity contribution in [3.8, 4) is 6.07 Å². The van der Waals surface area contributed by atoms with E-state index in [4.69, 9.17) is 9.15 Å². The van der Waals surface area contributed by atoms with Gasteiger partial charge in [0.25, 0.3) is 11.8 Å². The maximum Gasteiger partial charge on any atom is 0.328 e. The molecule has 25 heavy (non-hydrogen) atoms. The van der Waals surface area contributed by atoms with E-state index in [0.29, 0.717) is 12.8 Å². The number of carbonyl (C=O) groups is 3. The molecular formula is C17H21N3O5. The lowest BCUT2D eigenvalue weighted by Gasteiger charge is -2.31. The number of nitrogens with zero attached hydrogens (tertiary/aromatic N) is 1. The van der Waals surface area contributed by atoms with Crippen molar-refractivity contribution in [1.82, 2.24) is 10.6 Å². The number of furan rings is 1. The van der Waals surface area contributed by atoms with Gasteiger partial charge in [0.2, 0.25) is 0 Å². The molecule has 0 aromatic carbocycles. The Labute approximate surface area is 145 Å². The smallest absolute Gasteiger partial charge is 0.328 e. The zero-order chi connectivity index (χ0) is 18.3. The van der Waals surface area contributed by atoms with Crippen LogP contribution in [0.2, 0.25) is 0 Å². The van der Waals surface area contributed by atoms with Gasteiger partial charge in [0, 0.05) is 0 Å². The summed E-state index contributed by atoms with van der Waals surface area (Å²) >= 11 is 0. The lowest BCUT2D eigenvalue weighted by atomic mass is 9.83. The van der Waals surface area contributed by atoms with Gasteiger partial charge in [-0.3, -0.25) is 9.59 Å². The maximum absolute atomic E-state index is 12.0. The predicted octanol–water partition coefficient (Wildman–Crippen LogP) is 1.28. The number of nitriles is 1. The molecule has 8 nitrogen and oxygen atoms in total. The number of esters is 1. The summed E-state index contributed by atoms with van der Waals surface area (Å²) in [6.45, 7) is 0.947. The second-order valence-corrected chi connectivity index (χ2v) is 6.08. The van der Waals surface area contributed by atoms with Crippen LogP contribution in [-0.2, 0) is 14.3 Å². The molecule has 1 fully saturated rings. The van der Waals surface area contributed by atoms with Crippen LogP contribution in [0.3, 0.4) is 0 Å². The molecule has 1 aromatic rings. The molecule has 2 amide bonds. The zero-order valence-electron chi connectivity index (χ0n) is 14.0. The van der Waals surface area contributed by atoms with E-state index in [0.717, 1.165) is 19.3 Å². The Bertz CT molecular complexity index is 656. The second-order valence-electron chi connectivity index (χ2n) is 6.08. The lowest BCUT2D eigenvalue weighted by molar-refractivity contribution is -0.150. The van der Waals surface area contributed by atoms with Crippen LogP contribution < -0.4 is 10.6 Å². The topological polar surface area (TPSA) is 121 Å². The molecule has 0 aliphatic heterocycles. The third-order valence-corrected chi connectivity index (χ3v) is 4.09. The highest BCUT2D eigenvalue weighted by molar-refractivity contribution is 5.94. The highest BCUT2D eigenvalue weighted by atomic mass is 16.5. The Hall–Kier alpha value is -2.82. The molecule has 0 bridgehead atoms. The van der Waals surface area contributed by atoms with Gasteiger partial charge in [-0.25, -0.2) is 4.79 Å². The molecule has 0 unspecified atom stereocenters. The van der Waals surface area contributed by atoms with Crippen molar-refractivity contribution in [3.05, 3.63) is 24.2 Å². The minimum absolute atomic E-state index is 0.0747. The van der Waals surface area contributed by atoms with Crippen LogP contribution in [0.25, 0.3) is 0 Å². The minimum Gasteiger partial charge on any atom is -0.459 e. The molecule has 1 aliphatic carbocycles. The first-order valence-electron chi connectivity index (χ1n) is 8.19. The highest BCUT2D eigenvalue weighted by Gasteiger charge is 2.33. The fourth-order valence-electron chi connectivity index (χ4n) is 2.72. The van der Waals surface area contributed by atoms with Gasteiger partial charge in [-0.15, -0.1) is 0 Å². The molecule has 0 saturated heterocycles. The Balaban J connectivity index is 1.77.